The summed E-state index contributed by atoms with van der Waals surface area (Å²) in [5, 5.41) is 4.34. The zero-order valence-electron chi connectivity index (χ0n) is 13.5. The van der Waals surface area contributed by atoms with Gasteiger partial charge in [-0.05, 0) is 44.1 Å². The van der Waals surface area contributed by atoms with Crippen molar-refractivity contribution in [2.45, 2.75) is 32.4 Å². The van der Waals surface area contributed by atoms with E-state index in [1.807, 2.05) is 29.2 Å². The molecule has 0 saturated carbocycles. The van der Waals surface area contributed by atoms with E-state index in [1.54, 1.807) is 17.1 Å². The Balaban J connectivity index is 1.70. The minimum atomic E-state index is 0.469. The highest BCUT2D eigenvalue weighted by molar-refractivity contribution is 5.47. The Morgan fingerprint density at radius 2 is 2.26 bits per heavy atom. The predicted molar refractivity (Wildman–Crippen MR) is 88.1 cm³/mol. The predicted octanol–water partition coefficient (Wildman–Crippen LogP) is 1.71. The maximum Gasteiger partial charge on any atom is 0.210 e. The molecular weight excluding hydrogens is 290 g/mol. The average Bonchev–Trinajstić information content (AvgIpc) is 3.24. The minimum absolute atomic E-state index is 0.469. The molecule has 6 heteroatoms. The van der Waals surface area contributed by atoms with Gasteiger partial charge in [0, 0.05) is 25.0 Å². The van der Waals surface area contributed by atoms with Crippen molar-refractivity contribution in [3.8, 4) is 5.82 Å². The van der Waals surface area contributed by atoms with Crippen LogP contribution in [0.3, 0.4) is 0 Å². The third-order valence-corrected chi connectivity index (χ3v) is 4.45. The van der Waals surface area contributed by atoms with Gasteiger partial charge in [0.25, 0.3) is 0 Å². The Hall–Kier alpha value is -2.21. The first-order chi connectivity index (χ1) is 11.3. The van der Waals surface area contributed by atoms with Crippen molar-refractivity contribution in [3.05, 3.63) is 42.4 Å². The first-order valence-electron chi connectivity index (χ1n) is 8.19. The van der Waals surface area contributed by atoms with Gasteiger partial charge in [0.05, 0.1) is 12.2 Å². The number of carbonyl (C=O) groups excluding carboxylic acids is 1. The number of pyridine rings is 1. The van der Waals surface area contributed by atoms with Crippen molar-refractivity contribution in [2.75, 3.05) is 19.6 Å². The summed E-state index contributed by atoms with van der Waals surface area (Å²) in [6, 6.07) is 8.14. The zero-order valence-corrected chi connectivity index (χ0v) is 13.5. The third-order valence-electron chi connectivity index (χ3n) is 4.45. The molecular formula is C17H23N5O. The maximum atomic E-state index is 11.5. The monoisotopic (exact) mass is 313 g/mol. The summed E-state index contributed by atoms with van der Waals surface area (Å²) in [7, 11) is 0. The van der Waals surface area contributed by atoms with Crippen LogP contribution in [0.1, 0.15) is 25.5 Å². The van der Waals surface area contributed by atoms with Crippen LogP contribution in [0.2, 0.25) is 0 Å². The normalized spacial score (nSPS) is 18.2. The number of aromatic nitrogens is 3. The van der Waals surface area contributed by atoms with Crippen molar-refractivity contribution >= 4 is 6.41 Å². The van der Waals surface area contributed by atoms with Crippen molar-refractivity contribution in [1.82, 2.24) is 24.6 Å². The lowest BCUT2D eigenvalue weighted by molar-refractivity contribution is -0.119. The van der Waals surface area contributed by atoms with Gasteiger partial charge >= 0.3 is 0 Å². The number of nitrogens with zero attached hydrogens (tertiary/aromatic N) is 5. The molecule has 0 aromatic carbocycles. The molecule has 1 atom stereocenters. The number of carbonyl (C=O) groups is 1. The summed E-state index contributed by atoms with van der Waals surface area (Å²) >= 11 is 0. The molecule has 0 bridgehead atoms. The molecule has 2 aromatic heterocycles. The minimum Gasteiger partial charge on any atom is -0.338 e. The first kappa shape index (κ1) is 15.7. The summed E-state index contributed by atoms with van der Waals surface area (Å²) in [5.74, 6) is 0.773. The molecule has 3 rings (SSSR count). The second-order valence-electron chi connectivity index (χ2n) is 5.88. The van der Waals surface area contributed by atoms with Crippen molar-refractivity contribution in [3.63, 3.8) is 0 Å². The topological polar surface area (TPSA) is 54.3 Å². The van der Waals surface area contributed by atoms with Gasteiger partial charge in [0.2, 0.25) is 6.41 Å². The van der Waals surface area contributed by atoms with Crippen LogP contribution in [-0.4, -0.2) is 56.7 Å². The van der Waals surface area contributed by atoms with Crippen LogP contribution in [-0.2, 0) is 11.3 Å². The smallest absolute Gasteiger partial charge is 0.210 e. The van der Waals surface area contributed by atoms with Gasteiger partial charge < -0.3 is 4.90 Å². The van der Waals surface area contributed by atoms with E-state index in [-0.39, 0.29) is 0 Å². The van der Waals surface area contributed by atoms with Crippen molar-refractivity contribution in [2.24, 2.45) is 0 Å². The molecule has 1 fully saturated rings. The molecule has 1 unspecified atom stereocenters. The highest BCUT2D eigenvalue weighted by Gasteiger charge is 2.25. The molecule has 23 heavy (non-hydrogen) atoms. The fourth-order valence-electron chi connectivity index (χ4n) is 3.28. The van der Waals surface area contributed by atoms with Crippen LogP contribution in [0.4, 0.5) is 0 Å². The summed E-state index contributed by atoms with van der Waals surface area (Å²) in [6.45, 7) is 5.68. The molecule has 3 heterocycles. The van der Waals surface area contributed by atoms with Gasteiger partial charge in [0.1, 0.15) is 0 Å². The van der Waals surface area contributed by atoms with Gasteiger partial charge in [-0.2, -0.15) is 5.10 Å². The van der Waals surface area contributed by atoms with Gasteiger partial charge in [-0.25, -0.2) is 9.67 Å². The molecule has 6 nitrogen and oxygen atoms in total. The summed E-state index contributed by atoms with van der Waals surface area (Å²) in [4.78, 5) is 20.1. The fourth-order valence-corrected chi connectivity index (χ4v) is 3.28. The molecule has 1 aliphatic rings. The van der Waals surface area contributed by atoms with E-state index in [2.05, 4.69) is 21.9 Å². The number of rotatable bonds is 7. The Labute approximate surface area is 136 Å². The lowest BCUT2D eigenvalue weighted by atomic mass is 10.2. The van der Waals surface area contributed by atoms with Crippen LogP contribution >= 0.6 is 0 Å². The molecule has 1 aliphatic heterocycles. The number of amides is 1. The van der Waals surface area contributed by atoms with Crippen LogP contribution in [0, 0.1) is 0 Å². The highest BCUT2D eigenvalue weighted by Crippen LogP contribution is 2.18. The SMILES string of the molecule is CCN1CCCC1CN(C=O)Cc1ccnn1-c1ccccn1. The van der Waals surface area contributed by atoms with Crippen LogP contribution in [0.25, 0.3) is 5.82 Å². The van der Waals surface area contributed by atoms with Crippen LogP contribution in [0.15, 0.2) is 36.7 Å². The third kappa shape index (κ3) is 3.59. The average molecular weight is 313 g/mol. The van der Waals surface area contributed by atoms with Crippen LogP contribution in [0.5, 0.6) is 0 Å². The van der Waals surface area contributed by atoms with E-state index >= 15 is 0 Å². The summed E-state index contributed by atoms with van der Waals surface area (Å²) < 4.78 is 1.79. The molecule has 0 N–H and O–H groups in total. The molecule has 0 spiro atoms. The van der Waals surface area contributed by atoms with Gasteiger partial charge in [-0.15, -0.1) is 0 Å². The van der Waals surface area contributed by atoms with E-state index < -0.39 is 0 Å². The molecule has 1 saturated heterocycles. The van der Waals surface area contributed by atoms with Crippen molar-refractivity contribution < 1.29 is 4.79 Å². The van der Waals surface area contributed by atoms with Gasteiger partial charge in [-0.3, -0.25) is 9.69 Å². The molecule has 122 valence electrons. The summed E-state index contributed by atoms with van der Waals surface area (Å²) in [5.41, 5.74) is 0.969. The molecule has 1 amide bonds. The maximum absolute atomic E-state index is 11.5. The van der Waals surface area contributed by atoms with E-state index in [1.165, 1.54) is 6.42 Å². The molecule has 2 aromatic rings. The molecule has 0 aliphatic carbocycles. The van der Waals surface area contributed by atoms with Gasteiger partial charge in [-0.1, -0.05) is 13.0 Å². The quantitative estimate of drug-likeness (QED) is 0.730. The largest absolute Gasteiger partial charge is 0.338 e. The second kappa shape index (κ2) is 7.37. The standard InChI is InChI=1S/C17H23N5O/c1-2-21-11-5-6-15(21)12-20(14-23)13-16-8-10-19-22(16)17-7-3-4-9-18-17/h3-4,7-10,14-15H,2,5-6,11-13H2,1H3. The lowest BCUT2D eigenvalue weighted by Gasteiger charge is -2.27. The number of likely N-dealkylation sites (tertiary alicyclic amines) is 1. The Kier molecular flexibility index (Phi) is 5.02. The van der Waals surface area contributed by atoms with E-state index in [9.17, 15) is 4.79 Å². The Morgan fingerprint density at radius 3 is 3.00 bits per heavy atom. The van der Waals surface area contributed by atoms with E-state index in [0.29, 0.717) is 12.6 Å². The summed E-state index contributed by atoms with van der Waals surface area (Å²) in [6.07, 6.45) is 6.83. The van der Waals surface area contributed by atoms with Crippen LogP contribution < -0.4 is 0 Å². The lowest BCUT2D eigenvalue weighted by Crippen LogP contribution is -2.39. The number of hydrogen-bond acceptors (Lipinski definition) is 4. The Bertz CT molecular complexity index is 627. The Morgan fingerprint density at radius 1 is 1.35 bits per heavy atom. The van der Waals surface area contributed by atoms with E-state index in [4.69, 9.17) is 0 Å². The first-order valence-corrected chi connectivity index (χ1v) is 8.19. The highest BCUT2D eigenvalue weighted by atomic mass is 16.1. The van der Waals surface area contributed by atoms with Gasteiger partial charge in [0.15, 0.2) is 5.82 Å². The molecule has 0 radical (unpaired) electrons. The second-order valence-corrected chi connectivity index (χ2v) is 5.88. The fraction of sp³-hybridized carbons (Fsp3) is 0.471. The number of hydrogen-bond donors (Lipinski definition) is 0. The van der Waals surface area contributed by atoms with E-state index in [0.717, 1.165) is 44.0 Å². The number of likely N-dealkylation sites (N-methyl/N-ethyl adjacent to an activating group) is 1. The zero-order chi connectivity index (χ0) is 16.1. The van der Waals surface area contributed by atoms with Crippen molar-refractivity contribution in [1.29, 1.82) is 0 Å².